The van der Waals surface area contributed by atoms with Gasteiger partial charge in [0.15, 0.2) is 0 Å². The summed E-state index contributed by atoms with van der Waals surface area (Å²) in [5.74, 6) is -2.73. The first kappa shape index (κ1) is 26.7. The first-order valence-corrected chi connectivity index (χ1v) is 14.1. The molecule has 1 spiro atoms. The average Bonchev–Trinajstić information content (AvgIpc) is 3.22. The summed E-state index contributed by atoms with van der Waals surface area (Å²) in [6.07, 6.45) is 7.85. The number of rotatable bonds is 5. The molecule has 0 aromatic heterocycles. The van der Waals surface area contributed by atoms with Gasteiger partial charge in [0.1, 0.15) is 11.6 Å². The van der Waals surface area contributed by atoms with E-state index >= 15 is 0 Å². The fourth-order valence-electron chi connectivity index (χ4n) is 6.96. The Morgan fingerprint density at radius 1 is 0.900 bits per heavy atom. The number of carbonyl (C=O) groups excluding carboxylic acids is 3. The van der Waals surface area contributed by atoms with E-state index in [0.717, 1.165) is 5.69 Å². The SMILES string of the molecule is CC[C@@H](CO)N1C(=O)[C@@H]2[C@@H]3C(=O)N(c4ccccc4)CC=C[C@]3(C)O[C@@]23C=CCN(c2ccc(Cl)cc2)C(=O)C13. The van der Waals surface area contributed by atoms with Crippen molar-refractivity contribution < 1.29 is 24.2 Å². The molecule has 6 rings (SSSR count). The summed E-state index contributed by atoms with van der Waals surface area (Å²) in [6.45, 7) is 3.97. The molecule has 40 heavy (non-hydrogen) atoms. The summed E-state index contributed by atoms with van der Waals surface area (Å²) in [5, 5.41) is 10.9. The number of likely N-dealkylation sites (tertiary alicyclic amines) is 1. The lowest BCUT2D eigenvalue weighted by molar-refractivity contribution is -0.148. The quantitative estimate of drug-likeness (QED) is 0.564. The van der Waals surface area contributed by atoms with E-state index in [-0.39, 0.29) is 30.9 Å². The number of nitrogens with zero attached hydrogens (tertiary/aromatic N) is 3. The van der Waals surface area contributed by atoms with E-state index in [9.17, 15) is 19.5 Å². The molecular formula is C31H32ClN3O5. The number of para-hydroxylation sites is 1. The van der Waals surface area contributed by atoms with Crippen LogP contribution in [0, 0.1) is 11.8 Å². The summed E-state index contributed by atoms with van der Waals surface area (Å²) >= 11 is 6.11. The van der Waals surface area contributed by atoms with Crippen LogP contribution >= 0.6 is 11.6 Å². The molecule has 2 aromatic carbocycles. The number of anilines is 2. The molecule has 0 aliphatic carbocycles. The Morgan fingerprint density at radius 3 is 2.17 bits per heavy atom. The Morgan fingerprint density at radius 2 is 1.52 bits per heavy atom. The molecule has 6 atom stereocenters. The highest BCUT2D eigenvalue weighted by Gasteiger charge is 2.75. The zero-order valence-electron chi connectivity index (χ0n) is 22.4. The highest BCUT2D eigenvalue weighted by Crippen LogP contribution is 2.58. The lowest BCUT2D eigenvalue weighted by Crippen LogP contribution is -2.58. The molecule has 4 aliphatic rings. The topological polar surface area (TPSA) is 90.4 Å². The molecule has 4 aliphatic heterocycles. The van der Waals surface area contributed by atoms with E-state index in [4.69, 9.17) is 16.3 Å². The minimum absolute atomic E-state index is 0.230. The van der Waals surface area contributed by atoms with Crippen LogP contribution < -0.4 is 9.80 Å². The minimum atomic E-state index is -1.39. The van der Waals surface area contributed by atoms with E-state index in [1.807, 2.05) is 68.5 Å². The minimum Gasteiger partial charge on any atom is -0.394 e. The molecule has 4 heterocycles. The van der Waals surface area contributed by atoms with Gasteiger partial charge < -0.3 is 24.5 Å². The maximum atomic E-state index is 14.5. The molecule has 1 N–H and O–H groups in total. The van der Waals surface area contributed by atoms with Crippen molar-refractivity contribution in [3.05, 3.63) is 83.9 Å². The molecule has 8 nitrogen and oxygen atoms in total. The standard InChI is InChI=1S/C31H32ClN3O5/c1-3-21(19-36)35-26-29(39)34(23-13-11-20(32)12-14-23)18-8-16-31(26)25(28(35)38)24-27(37)33(22-9-5-4-6-10-22)17-7-15-30(24,2)40-31/h4-16,21,24-26,36H,3,17-19H2,1-2H3/t21-,24+,25-,26?,30-,31-/m0/s1. The smallest absolute Gasteiger partial charge is 0.253 e. The molecule has 1 unspecified atom stereocenters. The van der Waals surface area contributed by atoms with Crippen molar-refractivity contribution in [1.29, 1.82) is 0 Å². The number of carbonyl (C=O) groups is 3. The third-order valence-corrected chi connectivity index (χ3v) is 9.03. The van der Waals surface area contributed by atoms with Gasteiger partial charge in [0.2, 0.25) is 11.8 Å². The van der Waals surface area contributed by atoms with E-state index in [1.54, 1.807) is 34.1 Å². The van der Waals surface area contributed by atoms with Crippen molar-refractivity contribution in [2.45, 2.75) is 43.6 Å². The summed E-state index contributed by atoms with van der Waals surface area (Å²) in [6, 6.07) is 14.6. The number of hydrogen-bond acceptors (Lipinski definition) is 5. The third-order valence-electron chi connectivity index (χ3n) is 8.78. The van der Waals surface area contributed by atoms with Gasteiger partial charge in [0.25, 0.3) is 5.91 Å². The lowest BCUT2D eigenvalue weighted by atomic mass is 9.74. The number of aliphatic hydroxyl groups excluding tert-OH is 1. The average molecular weight is 562 g/mol. The van der Waals surface area contributed by atoms with E-state index in [2.05, 4.69) is 0 Å². The van der Waals surface area contributed by atoms with Crippen LogP contribution in [0.15, 0.2) is 78.9 Å². The van der Waals surface area contributed by atoms with Crippen LogP contribution in [0.4, 0.5) is 11.4 Å². The monoisotopic (exact) mass is 561 g/mol. The number of halogens is 1. The van der Waals surface area contributed by atoms with Crippen LogP contribution in [0.5, 0.6) is 0 Å². The third kappa shape index (κ3) is 3.84. The number of benzene rings is 2. The van der Waals surface area contributed by atoms with Crippen molar-refractivity contribution in [2.75, 3.05) is 29.5 Å². The van der Waals surface area contributed by atoms with Gasteiger partial charge in [-0.2, -0.15) is 0 Å². The van der Waals surface area contributed by atoms with Crippen LogP contribution in [-0.2, 0) is 19.1 Å². The zero-order chi connectivity index (χ0) is 28.2. The van der Waals surface area contributed by atoms with Crippen LogP contribution in [0.1, 0.15) is 20.3 Å². The Kier molecular flexibility index (Phi) is 6.60. The van der Waals surface area contributed by atoms with Gasteiger partial charge in [0.05, 0.1) is 30.1 Å². The molecule has 2 saturated heterocycles. The first-order valence-electron chi connectivity index (χ1n) is 13.7. The Balaban J connectivity index is 1.50. The van der Waals surface area contributed by atoms with Gasteiger partial charge in [-0.05, 0) is 49.7 Å². The molecule has 9 heteroatoms. The maximum absolute atomic E-state index is 14.5. The zero-order valence-corrected chi connectivity index (χ0v) is 23.2. The fraction of sp³-hybridized carbons (Fsp3) is 0.387. The van der Waals surface area contributed by atoms with Crippen LogP contribution in [-0.4, -0.2) is 70.7 Å². The second-order valence-corrected chi connectivity index (χ2v) is 11.4. The lowest BCUT2D eigenvalue weighted by Gasteiger charge is -2.40. The molecule has 2 aromatic rings. The number of aliphatic hydroxyl groups is 1. The Labute approximate surface area is 238 Å². The number of fused-ring (bicyclic) bond motifs is 2. The van der Waals surface area contributed by atoms with E-state index in [0.29, 0.717) is 23.7 Å². The van der Waals surface area contributed by atoms with Gasteiger partial charge >= 0.3 is 0 Å². The largest absolute Gasteiger partial charge is 0.394 e. The Bertz CT molecular complexity index is 1390. The first-order chi connectivity index (χ1) is 19.3. The maximum Gasteiger partial charge on any atom is 0.253 e. The van der Waals surface area contributed by atoms with Gasteiger partial charge in [-0.15, -0.1) is 0 Å². The van der Waals surface area contributed by atoms with Crippen LogP contribution in [0.3, 0.4) is 0 Å². The van der Waals surface area contributed by atoms with Crippen LogP contribution in [0.2, 0.25) is 5.02 Å². The predicted octanol–water partition coefficient (Wildman–Crippen LogP) is 3.59. The van der Waals surface area contributed by atoms with Crippen molar-refractivity contribution >= 4 is 40.7 Å². The van der Waals surface area contributed by atoms with Crippen molar-refractivity contribution in [3.8, 4) is 0 Å². The second-order valence-electron chi connectivity index (χ2n) is 11.0. The number of amides is 3. The summed E-state index contributed by atoms with van der Waals surface area (Å²) in [5.41, 5.74) is -1.15. The van der Waals surface area contributed by atoms with E-state index in [1.165, 1.54) is 4.90 Å². The van der Waals surface area contributed by atoms with Gasteiger partial charge in [-0.25, -0.2) is 0 Å². The summed E-state index contributed by atoms with van der Waals surface area (Å²) in [4.78, 5) is 48.0. The molecule has 208 valence electrons. The predicted molar refractivity (Wildman–Crippen MR) is 152 cm³/mol. The highest BCUT2D eigenvalue weighted by molar-refractivity contribution is 6.30. The van der Waals surface area contributed by atoms with Gasteiger partial charge in [-0.3, -0.25) is 14.4 Å². The Hall–Kier alpha value is -3.46. The van der Waals surface area contributed by atoms with Crippen LogP contribution in [0.25, 0.3) is 0 Å². The molecule has 0 bridgehead atoms. The second kappa shape index (κ2) is 9.87. The van der Waals surface area contributed by atoms with Crippen molar-refractivity contribution in [3.63, 3.8) is 0 Å². The molecule has 0 saturated carbocycles. The number of ether oxygens (including phenoxy) is 1. The normalized spacial score (nSPS) is 32.0. The molecule has 2 fully saturated rings. The van der Waals surface area contributed by atoms with Crippen molar-refractivity contribution in [1.82, 2.24) is 4.90 Å². The fourth-order valence-corrected chi connectivity index (χ4v) is 7.09. The molecule has 0 radical (unpaired) electrons. The molecular weight excluding hydrogens is 530 g/mol. The van der Waals surface area contributed by atoms with E-state index < -0.39 is 35.1 Å². The number of hydrogen-bond donors (Lipinski definition) is 1. The highest BCUT2D eigenvalue weighted by atomic mass is 35.5. The van der Waals surface area contributed by atoms with Gasteiger partial charge in [-0.1, -0.05) is 61.0 Å². The molecule has 3 amide bonds. The van der Waals surface area contributed by atoms with Gasteiger partial charge in [0, 0.05) is 29.5 Å². The van der Waals surface area contributed by atoms with Crippen molar-refractivity contribution in [2.24, 2.45) is 11.8 Å². The summed E-state index contributed by atoms with van der Waals surface area (Å²) < 4.78 is 6.86. The summed E-state index contributed by atoms with van der Waals surface area (Å²) in [7, 11) is 0.